The van der Waals surface area contributed by atoms with Crippen molar-refractivity contribution in [3.63, 3.8) is 0 Å². The van der Waals surface area contributed by atoms with E-state index in [0.717, 1.165) is 39.7 Å². The van der Waals surface area contributed by atoms with Gasteiger partial charge in [-0.2, -0.15) is 4.98 Å². The van der Waals surface area contributed by atoms with E-state index >= 15 is 0 Å². The highest BCUT2D eigenvalue weighted by atomic mass is 127. The van der Waals surface area contributed by atoms with Crippen molar-refractivity contribution in [3.05, 3.63) is 45.2 Å². The average molecular weight is 451 g/mol. The number of carbonyl (C=O) groups excluding carboxylic acids is 1. The predicted octanol–water partition coefficient (Wildman–Crippen LogP) is 2.42. The minimum absolute atomic E-state index is 0.101. The number of hydrogen-bond donors (Lipinski definition) is 0. The van der Waals surface area contributed by atoms with E-state index in [0.29, 0.717) is 13.1 Å². The average Bonchev–Trinajstić information content (AvgIpc) is 2.61. The second-order valence-electron chi connectivity index (χ2n) is 6.32. The maximum atomic E-state index is 12.7. The molecule has 7 heteroatoms. The number of amides is 1. The molecule has 1 aliphatic rings. The fraction of sp³-hybridized carbons (Fsp3) is 0.389. The Balaban J connectivity index is 1.70. The molecule has 25 heavy (non-hydrogen) atoms. The quantitative estimate of drug-likeness (QED) is 0.672. The molecular weight excluding hydrogens is 429 g/mol. The van der Waals surface area contributed by atoms with Crippen LogP contribution >= 0.6 is 22.6 Å². The molecule has 0 atom stereocenters. The molecule has 132 valence electrons. The van der Waals surface area contributed by atoms with Crippen molar-refractivity contribution in [1.82, 2.24) is 14.9 Å². The molecule has 0 unspecified atom stereocenters. The van der Waals surface area contributed by atoms with E-state index < -0.39 is 0 Å². The van der Waals surface area contributed by atoms with Crippen molar-refractivity contribution in [2.45, 2.75) is 6.92 Å². The maximum Gasteiger partial charge on any atom is 0.255 e. The van der Waals surface area contributed by atoms with Crippen LogP contribution in [-0.4, -0.2) is 61.0 Å². The van der Waals surface area contributed by atoms with Gasteiger partial charge in [0.1, 0.15) is 5.82 Å². The summed E-state index contributed by atoms with van der Waals surface area (Å²) in [6, 6.07) is 9.69. The van der Waals surface area contributed by atoms with Gasteiger partial charge in [-0.3, -0.25) is 4.79 Å². The van der Waals surface area contributed by atoms with Crippen LogP contribution in [0.3, 0.4) is 0 Å². The Kier molecular flexibility index (Phi) is 5.41. The zero-order valence-corrected chi connectivity index (χ0v) is 16.9. The van der Waals surface area contributed by atoms with E-state index in [-0.39, 0.29) is 5.91 Å². The zero-order valence-electron chi connectivity index (χ0n) is 14.7. The molecular formula is C18H22IN5O. The van der Waals surface area contributed by atoms with E-state index in [2.05, 4.69) is 37.5 Å². The lowest BCUT2D eigenvalue weighted by Crippen LogP contribution is -2.49. The SMILES string of the molecule is Cc1cc(N(C)C)nc(N2CCN(C(=O)c3ccccc3I)CC2)n1. The summed E-state index contributed by atoms with van der Waals surface area (Å²) in [4.78, 5) is 28.0. The monoisotopic (exact) mass is 451 g/mol. The van der Waals surface area contributed by atoms with E-state index in [9.17, 15) is 4.79 Å². The molecule has 0 saturated carbocycles. The Morgan fingerprint density at radius 3 is 2.44 bits per heavy atom. The molecule has 0 bridgehead atoms. The summed E-state index contributed by atoms with van der Waals surface area (Å²) in [5, 5.41) is 0. The first kappa shape index (κ1) is 17.9. The molecule has 3 rings (SSSR count). The van der Waals surface area contributed by atoms with Crippen LogP contribution in [0.25, 0.3) is 0 Å². The number of halogens is 1. The molecule has 2 heterocycles. The first-order valence-electron chi connectivity index (χ1n) is 8.27. The van der Waals surface area contributed by atoms with E-state index in [1.54, 1.807) is 0 Å². The standard InChI is InChI=1S/C18H22IN5O/c1-13-12-16(22(2)3)21-18(20-13)24-10-8-23(9-11-24)17(25)14-6-4-5-7-15(14)19/h4-7,12H,8-11H2,1-3H3. The molecule has 1 aromatic carbocycles. The molecule has 1 amide bonds. The van der Waals surface area contributed by atoms with Gasteiger partial charge in [-0.1, -0.05) is 12.1 Å². The number of hydrogen-bond acceptors (Lipinski definition) is 5. The molecule has 1 aliphatic heterocycles. The zero-order chi connectivity index (χ0) is 18.0. The summed E-state index contributed by atoms with van der Waals surface area (Å²) in [6.45, 7) is 4.82. The Bertz CT molecular complexity index is 772. The minimum atomic E-state index is 0.101. The van der Waals surface area contributed by atoms with Crippen LogP contribution in [0, 0.1) is 10.5 Å². The van der Waals surface area contributed by atoms with Crippen LogP contribution < -0.4 is 9.80 Å². The minimum Gasteiger partial charge on any atom is -0.363 e. The van der Waals surface area contributed by atoms with Crippen molar-refractivity contribution in [2.24, 2.45) is 0 Å². The number of carbonyl (C=O) groups is 1. The van der Waals surface area contributed by atoms with E-state index in [1.807, 2.05) is 61.2 Å². The molecule has 0 spiro atoms. The lowest BCUT2D eigenvalue weighted by atomic mass is 10.2. The van der Waals surface area contributed by atoms with Crippen LogP contribution in [0.2, 0.25) is 0 Å². The number of aryl methyl sites for hydroxylation is 1. The molecule has 0 radical (unpaired) electrons. The maximum absolute atomic E-state index is 12.7. The van der Waals surface area contributed by atoms with Crippen molar-refractivity contribution < 1.29 is 4.79 Å². The van der Waals surface area contributed by atoms with Gasteiger partial charge in [0, 0.05) is 55.6 Å². The summed E-state index contributed by atoms with van der Waals surface area (Å²) in [5.74, 6) is 1.74. The Labute approximate surface area is 162 Å². The van der Waals surface area contributed by atoms with Gasteiger partial charge in [-0.15, -0.1) is 0 Å². The first-order chi connectivity index (χ1) is 12.0. The summed E-state index contributed by atoms with van der Waals surface area (Å²) < 4.78 is 0.991. The van der Waals surface area contributed by atoms with Gasteiger partial charge in [-0.05, 0) is 41.6 Å². The summed E-state index contributed by atoms with van der Waals surface area (Å²) in [7, 11) is 3.95. The Morgan fingerprint density at radius 1 is 1.12 bits per heavy atom. The third-order valence-corrected chi connectivity index (χ3v) is 5.18. The largest absolute Gasteiger partial charge is 0.363 e. The van der Waals surface area contributed by atoms with Gasteiger partial charge >= 0.3 is 0 Å². The number of piperazine rings is 1. The molecule has 2 aromatic rings. The van der Waals surface area contributed by atoms with Gasteiger partial charge in [0.25, 0.3) is 5.91 Å². The highest BCUT2D eigenvalue weighted by molar-refractivity contribution is 14.1. The lowest BCUT2D eigenvalue weighted by molar-refractivity contribution is 0.0745. The van der Waals surface area contributed by atoms with Crippen LogP contribution in [-0.2, 0) is 0 Å². The topological polar surface area (TPSA) is 52.6 Å². The second-order valence-corrected chi connectivity index (χ2v) is 7.48. The normalized spacial score (nSPS) is 14.6. The van der Waals surface area contributed by atoms with Gasteiger partial charge in [0.05, 0.1) is 5.56 Å². The van der Waals surface area contributed by atoms with Gasteiger partial charge in [-0.25, -0.2) is 4.98 Å². The number of anilines is 2. The molecule has 6 nitrogen and oxygen atoms in total. The first-order valence-corrected chi connectivity index (χ1v) is 9.35. The number of nitrogens with zero attached hydrogens (tertiary/aromatic N) is 5. The lowest BCUT2D eigenvalue weighted by Gasteiger charge is -2.35. The van der Waals surface area contributed by atoms with Gasteiger partial charge in [0.15, 0.2) is 0 Å². The Hall–Kier alpha value is -1.90. The van der Waals surface area contributed by atoms with Crippen molar-refractivity contribution in [2.75, 3.05) is 50.1 Å². The van der Waals surface area contributed by atoms with E-state index in [4.69, 9.17) is 0 Å². The molecule has 0 N–H and O–H groups in total. The molecule has 1 aromatic heterocycles. The van der Waals surface area contributed by atoms with Crippen LogP contribution in [0.4, 0.5) is 11.8 Å². The predicted molar refractivity (Wildman–Crippen MR) is 108 cm³/mol. The van der Waals surface area contributed by atoms with Crippen LogP contribution in [0.15, 0.2) is 30.3 Å². The number of rotatable bonds is 3. The summed E-state index contributed by atoms with van der Waals surface area (Å²) >= 11 is 2.22. The van der Waals surface area contributed by atoms with Gasteiger partial charge in [0.2, 0.25) is 5.95 Å². The van der Waals surface area contributed by atoms with Crippen LogP contribution in [0.5, 0.6) is 0 Å². The highest BCUT2D eigenvalue weighted by Gasteiger charge is 2.24. The number of benzene rings is 1. The highest BCUT2D eigenvalue weighted by Crippen LogP contribution is 2.19. The fourth-order valence-corrected chi connectivity index (χ4v) is 3.44. The van der Waals surface area contributed by atoms with Gasteiger partial charge < -0.3 is 14.7 Å². The summed E-state index contributed by atoms with van der Waals surface area (Å²) in [6.07, 6.45) is 0. The molecule has 1 fully saturated rings. The Morgan fingerprint density at radius 2 is 1.80 bits per heavy atom. The third kappa shape index (κ3) is 4.02. The summed E-state index contributed by atoms with van der Waals surface area (Å²) in [5.41, 5.74) is 1.73. The second kappa shape index (κ2) is 7.55. The number of aromatic nitrogens is 2. The van der Waals surface area contributed by atoms with Crippen molar-refractivity contribution in [3.8, 4) is 0 Å². The van der Waals surface area contributed by atoms with E-state index in [1.165, 1.54) is 0 Å². The van der Waals surface area contributed by atoms with Crippen molar-refractivity contribution in [1.29, 1.82) is 0 Å². The molecule has 0 aliphatic carbocycles. The van der Waals surface area contributed by atoms with Crippen molar-refractivity contribution >= 4 is 40.3 Å². The third-order valence-electron chi connectivity index (χ3n) is 4.24. The smallest absolute Gasteiger partial charge is 0.255 e. The molecule has 1 saturated heterocycles. The van der Waals surface area contributed by atoms with Crippen LogP contribution in [0.1, 0.15) is 16.1 Å². The fourth-order valence-electron chi connectivity index (χ4n) is 2.82.